The first-order chi connectivity index (χ1) is 16.5. The third-order valence-corrected chi connectivity index (χ3v) is 6.27. The number of aromatic amines is 1. The molecule has 34 heavy (non-hydrogen) atoms. The molecule has 1 aliphatic heterocycles. The Morgan fingerprint density at radius 1 is 1.24 bits per heavy atom. The van der Waals surface area contributed by atoms with Gasteiger partial charge in [0.15, 0.2) is 0 Å². The maximum Gasteiger partial charge on any atom is 0.273 e. The summed E-state index contributed by atoms with van der Waals surface area (Å²) in [5, 5.41) is 5.19. The van der Waals surface area contributed by atoms with Gasteiger partial charge in [-0.15, -0.1) is 0 Å². The van der Waals surface area contributed by atoms with Crippen LogP contribution in [0.15, 0.2) is 57.9 Å². The van der Waals surface area contributed by atoms with Crippen LogP contribution in [0.25, 0.3) is 28.1 Å². The van der Waals surface area contributed by atoms with Gasteiger partial charge >= 0.3 is 0 Å². The Morgan fingerprint density at radius 3 is 2.82 bits per heavy atom. The summed E-state index contributed by atoms with van der Waals surface area (Å²) in [6.07, 6.45) is 4.92. The topological polar surface area (TPSA) is 94.5 Å². The number of hydrogen-bond acceptors (Lipinski definition) is 6. The van der Waals surface area contributed by atoms with Crippen LogP contribution in [-0.4, -0.2) is 54.0 Å². The van der Waals surface area contributed by atoms with E-state index in [1.54, 1.807) is 24.2 Å². The molecule has 4 aromatic rings. The standard InChI is InChI=1S/C26H27N5O3/c1-17-20-5-3-4-6-22(20)34-23(17)16-30(2)24(32)8-7-18-13-19-14-21(31-11-9-27-10-12-31)26(33)29-25(19)28-15-18/h3-8,13-15,27H,9-12,16H2,1-2H3,(H,28,29,33)/b8-7+. The van der Waals surface area contributed by atoms with Gasteiger partial charge in [0.25, 0.3) is 5.56 Å². The van der Waals surface area contributed by atoms with Gasteiger partial charge in [-0.2, -0.15) is 0 Å². The minimum absolute atomic E-state index is 0.136. The third-order valence-electron chi connectivity index (χ3n) is 6.27. The van der Waals surface area contributed by atoms with Crippen molar-refractivity contribution in [3.8, 4) is 0 Å². The number of anilines is 1. The summed E-state index contributed by atoms with van der Waals surface area (Å²) < 4.78 is 5.94. The van der Waals surface area contributed by atoms with Crippen LogP contribution in [0.4, 0.5) is 5.69 Å². The van der Waals surface area contributed by atoms with Crippen molar-refractivity contribution in [2.45, 2.75) is 13.5 Å². The summed E-state index contributed by atoms with van der Waals surface area (Å²) in [7, 11) is 1.75. The molecule has 0 bridgehead atoms. The van der Waals surface area contributed by atoms with E-state index in [2.05, 4.69) is 20.2 Å². The summed E-state index contributed by atoms with van der Waals surface area (Å²) in [5.74, 6) is 0.644. The first-order valence-electron chi connectivity index (χ1n) is 11.4. The fourth-order valence-electron chi connectivity index (χ4n) is 4.29. The van der Waals surface area contributed by atoms with Crippen molar-refractivity contribution >= 4 is 39.7 Å². The lowest BCUT2D eigenvalue weighted by atomic mass is 10.1. The van der Waals surface area contributed by atoms with Crippen LogP contribution < -0.4 is 15.8 Å². The molecule has 174 valence electrons. The summed E-state index contributed by atoms with van der Waals surface area (Å²) in [5.41, 5.74) is 3.70. The van der Waals surface area contributed by atoms with Crippen LogP contribution in [0.2, 0.25) is 0 Å². The van der Waals surface area contributed by atoms with Crippen molar-refractivity contribution in [3.05, 3.63) is 75.9 Å². The van der Waals surface area contributed by atoms with Crippen molar-refractivity contribution in [2.75, 3.05) is 38.1 Å². The Morgan fingerprint density at radius 2 is 2.03 bits per heavy atom. The number of nitrogens with one attached hydrogen (secondary N) is 2. The van der Waals surface area contributed by atoms with Crippen LogP contribution in [0.3, 0.4) is 0 Å². The number of nitrogens with zero attached hydrogens (tertiary/aromatic N) is 3. The predicted molar refractivity (Wildman–Crippen MR) is 134 cm³/mol. The largest absolute Gasteiger partial charge is 0.459 e. The molecule has 5 rings (SSSR count). The second-order valence-corrected chi connectivity index (χ2v) is 8.60. The number of para-hydroxylation sites is 1. The molecule has 0 unspecified atom stereocenters. The number of furan rings is 1. The fourth-order valence-corrected chi connectivity index (χ4v) is 4.29. The van der Waals surface area contributed by atoms with Crippen molar-refractivity contribution < 1.29 is 9.21 Å². The lowest BCUT2D eigenvalue weighted by molar-refractivity contribution is -0.125. The highest BCUT2D eigenvalue weighted by atomic mass is 16.3. The predicted octanol–water partition coefficient (Wildman–Crippen LogP) is 3.06. The Kier molecular flexibility index (Phi) is 5.90. The number of pyridine rings is 2. The molecule has 1 saturated heterocycles. The number of aryl methyl sites for hydroxylation is 1. The SMILES string of the molecule is Cc1c(CN(C)C(=O)/C=C/c2cnc3[nH]c(=O)c(N4CCNCC4)cc3c2)oc2ccccc12. The fraction of sp³-hybridized carbons (Fsp3) is 0.269. The van der Waals surface area contributed by atoms with Gasteiger partial charge in [-0.25, -0.2) is 4.98 Å². The average molecular weight is 458 g/mol. The van der Waals surface area contributed by atoms with E-state index < -0.39 is 0 Å². The summed E-state index contributed by atoms with van der Waals surface area (Å²) >= 11 is 0. The van der Waals surface area contributed by atoms with Crippen LogP contribution in [0, 0.1) is 6.92 Å². The van der Waals surface area contributed by atoms with Crippen LogP contribution in [0.5, 0.6) is 0 Å². The Labute approximate surface area is 196 Å². The van der Waals surface area contributed by atoms with Gasteiger partial charge in [0.2, 0.25) is 5.91 Å². The Bertz CT molecular complexity index is 1450. The van der Waals surface area contributed by atoms with E-state index in [4.69, 9.17) is 4.42 Å². The summed E-state index contributed by atoms with van der Waals surface area (Å²) in [6, 6.07) is 11.7. The zero-order valence-electron chi connectivity index (χ0n) is 19.3. The van der Waals surface area contributed by atoms with Gasteiger partial charge in [-0.1, -0.05) is 18.2 Å². The highest BCUT2D eigenvalue weighted by Gasteiger charge is 2.16. The Hall–Kier alpha value is -3.91. The minimum Gasteiger partial charge on any atom is -0.459 e. The number of carbonyl (C=O) groups excluding carboxylic acids is 1. The first-order valence-corrected chi connectivity index (χ1v) is 11.4. The molecular weight excluding hydrogens is 430 g/mol. The molecule has 1 aromatic carbocycles. The number of likely N-dealkylation sites (N-methyl/N-ethyl adjacent to an activating group) is 1. The molecule has 1 fully saturated rings. The molecule has 2 N–H and O–H groups in total. The lowest BCUT2D eigenvalue weighted by Crippen LogP contribution is -2.45. The number of piperazine rings is 1. The second kappa shape index (κ2) is 9.15. The maximum atomic E-state index is 12.7. The number of rotatable bonds is 5. The highest BCUT2D eigenvalue weighted by Crippen LogP contribution is 2.25. The van der Waals surface area contributed by atoms with E-state index in [0.29, 0.717) is 17.9 Å². The quantitative estimate of drug-likeness (QED) is 0.448. The van der Waals surface area contributed by atoms with E-state index in [1.165, 1.54) is 6.08 Å². The van der Waals surface area contributed by atoms with E-state index in [9.17, 15) is 9.59 Å². The van der Waals surface area contributed by atoms with E-state index >= 15 is 0 Å². The van der Waals surface area contributed by atoms with E-state index in [0.717, 1.165) is 59.4 Å². The van der Waals surface area contributed by atoms with Gasteiger partial charge in [-0.3, -0.25) is 9.59 Å². The number of H-pyrrole nitrogens is 1. The van der Waals surface area contributed by atoms with Crippen molar-refractivity contribution in [1.82, 2.24) is 20.2 Å². The molecular formula is C26H27N5O3. The molecule has 0 spiro atoms. The first kappa shape index (κ1) is 21.9. The second-order valence-electron chi connectivity index (χ2n) is 8.60. The van der Waals surface area contributed by atoms with Gasteiger partial charge in [0, 0.05) is 61.8 Å². The number of hydrogen-bond donors (Lipinski definition) is 2. The summed E-state index contributed by atoms with van der Waals surface area (Å²) in [6.45, 7) is 5.66. The molecule has 0 aliphatic carbocycles. The molecule has 4 heterocycles. The number of aromatic nitrogens is 2. The molecule has 1 aliphatic rings. The van der Waals surface area contributed by atoms with Crippen LogP contribution in [-0.2, 0) is 11.3 Å². The molecule has 3 aromatic heterocycles. The summed E-state index contributed by atoms with van der Waals surface area (Å²) in [4.78, 5) is 36.2. The van der Waals surface area contributed by atoms with Crippen molar-refractivity contribution in [1.29, 1.82) is 0 Å². The van der Waals surface area contributed by atoms with Crippen molar-refractivity contribution in [2.24, 2.45) is 0 Å². The van der Waals surface area contributed by atoms with Gasteiger partial charge in [0.05, 0.1) is 6.54 Å². The number of carbonyl (C=O) groups is 1. The number of fused-ring (bicyclic) bond motifs is 2. The average Bonchev–Trinajstić information content (AvgIpc) is 3.17. The normalized spacial score (nSPS) is 14.4. The van der Waals surface area contributed by atoms with Gasteiger partial charge < -0.3 is 24.5 Å². The maximum absolute atomic E-state index is 12.7. The minimum atomic E-state index is -0.136. The zero-order valence-corrected chi connectivity index (χ0v) is 19.3. The Balaban J connectivity index is 1.33. The lowest BCUT2D eigenvalue weighted by Gasteiger charge is -2.28. The van der Waals surface area contributed by atoms with Gasteiger partial charge in [0.1, 0.15) is 22.7 Å². The molecule has 1 amide bonds. The molecule has 0 atom stereocenters. The molecule has 8 heteroatoms. The zero-order chi connectivity index (χ0) is 23.7. The van der Waals surface area contributed by atoms with Crippen LogP contribution >= 0.6 is 0 Å². The monoisotopic (exact) mass is 457 g/mol. The number of benzene rings is 1. The number of amides is 1. The molecule has 8 nitrogen and oxygen atoms in total. The van der Waals surface area contributed by atoms with Crippen molar-refractivity contribution in [3.63, 3.8) is 0 Å². The van der Waals surface area contributed by atoms with Gasteiger partial charge in [-0.05, 0) is 36.8 Å². The van der Waals surface area contributed by atoms with E-state index in [-0.39, 0.29) is 11.5 Å². The molecule has 0 saturated carbocycles. The van der Waals surface area contributed by atoms with Crippen LogP contribution in [0.1, 0.15) is 16.9 Å². The molecule has 0 radical (unpaired) electrons. The smallest absolute Gasteiger partial charge is 0.273 e. The highest BCUT2D eigenvalue weighted by molar-refractivity contribution is 5.92. The third kappa shape index (κ3) is 4.32. The van der Waals surface area contributed by atoms with E-state index in [1.807, 2.05) is 43.3 Å².